The molecule has 0 amide bonds. The molecule has 0 aliphatic rings. The average molecular weight is 606 g/mol. The van der Waals surface area contributed by atoms with Crippen LogP contribution in [0.4, 0.5) is 17.1 Å². The van der Waals surface area contributed by atoms with Crippen LogP contribution in [0.15, 0.2) is 117 Å². The quantitative estimate of drug-likeness (QED) is 0.169. The van der Waals surface area contributed by atoms with Crippen LogP contribution < -0.4 is 14.7 Å². The van der Waals surface area contributed by atoms with Crippen molar-refractivity contribution in [2.24, 2.45) is 0 Å². The molecule has 42 heavy (non-hydrogen) atoms. The molecule has 4 aromatic carbocycles. The molecule has 0 radical (unpaired) electrons. The third-order valence-electron chi connectivity index (χ3n) is 6.78. The van der Waals surface area contributed by atoms with Crippen LogP contribution in [0, 0.1) is 0 Å². The Labute approximate surface area is 255 Å². The van der Waals surface area contributed by atoms with Crippen LogP contribution in [-0.4, -0.2) is 55.3 Å². The third kappa shape index (κ3) is 8.77. The van der Waals surface area contributed by atoms with E-state index in [4.69, 9.17) is 0 Å². The summed E-state index contributed by atoms with van der Waals surface area (Å²) in [6, 6.07) is 32.9. The van der Waals surface area contributed by atoms with E-state index >= 15 is 0 Å². The molecule has 4 aromatic rings. The lowest BCUT2D eigenvalue weighted by molar-refractivity contribution is 0.463. The minimum atomic E-state index is -4.32. The monoisotopic (exact) mass is 605 g/mol. The van der Waals surface area contributed by atoms with Crippen molar-refractivity contribution >= 4 is 38.1 Å². The SMILES string of the molecule is CC(C)(C)c1ccc(S(=O)(=O)[O-])cc1.CN(C)c1ccc([S+](c2ccc(N(C)C)cc2)c2ccc(N(C)C)cc2)cc1. The van der Waals surface area contributed by atoms with E-state index in [0.717, 1.165) is 5.56 Å². The predicted molar refractivity (Wildman–Crippen MR) is 178 cm³/mol. The highest BCUT2D eigenvalue weighted by atomic mass is 32.2. The molecule has 224 valence electrons. The van der Waals surface area contributed by atoms with Gasteiger partial charge in [-0.15, -0.1) is 0 Å². The first kappa shape index (κ1) is 33.0. The van der Waals surface area contributed by atoms with Crippen molar-refractivity contribution in [3.05, 3.63) is 103 Å². The summed E-state index contributed by atoms with van der Waals surface area (Å²) < 4.78 is 31.9. The van der Waals surface area contributed by atoms with Crippen molar-refractivity contribution in [1.29, 1.82) is 0 Å². The molecule has 0 bridgehead atoms. The Morgan fingerprint density at radius 3 is 1.02 bits per heavy atom. The second-order valence-electron chi connectivity index (χ2n) is 11.7. The van der Waals surface area contributed by atoms with Gasteiger partial charge in [-0.05, 0) is 95.9 Å². The molecule has 0 aliphatic carbocycles. The van der Waals surface area contributed by atoms with E-state index in [1.54, 1.807) is 12.1 Å². The Morgan fingerprint density at radius 2 is 0.810 bits per heavy atom. The zero-order valence-electron chi connectivity index (χ0n) is 26.1. The standard InChI is InChI=1S/C24H30N3S.C10H14O3S/c1-25(2)19-7-13-22(14-8-19)28(23-15-9-20(10-16-23)26(3)4)24-17-11-21(12-18-24)27(5)6;1-10(2,3)8-4-6-9(7-5-8)14(11,12)13/h7-18H,1-6H3;4-7H,1-3H3,(H,11,12,13)/q+1;/p-1. The second kappa shape index (κ2) is 13.7. The lowest BCUT2D eigenvalue weighted by Gasteiger charge is -2.19. The van der Waals surface area contributed by atoms with E-state index in [1.165, 1.54) is 43.9 Å². The largest absolute Gasteiger partial charge is 0.744 e. The molecule has 0 N–H and O–H groups in total. The Hall–Kier alpha value is -3.46. The van der Waals surface area contributed by atoms with Crippen LogP contribution in [0.3, 0.4) is 0 Å². The van der Waals surface area contributed by atoms with E-state index in [-0.39, 0.29) is 21.2 Å². The van der Waals surface area contributed by atoms with Gasteiger partial charge in [0, 0.05) is 59.3 Å². The van der Waals surface area contributed by atoms with Gasteiger partial charge in [-0.3, -0.25) is 0 Å². The van der Waals surface area contributed by atoms with Crippen molar-refractivity contribution in [3.8, 4) is 0 Å². The van der Waals surface area contributed by atoms with Gasteiger partial charge >= 0.3 is 0 Å². The van der Waals surface area contributed by atoms with Gasteiger partial charge in [0.05, 0.1) is 15.8 Å². The van der Waals surface area contributed by atoms with Crippen molar-refractivity contribution in [1.82, 2.24) is 0 Å². The molecule has 8 heteroatoms. The first-order valence-electron chi connectivity index (χ1n) is 13.7. The Kier molecular flexibility index (Phi) is 10.8. The van der Waals surface area contributed by atoms with E-state index in [0.29, 0.717) is 0 Å². The molecule has 0 aliphatic heterocycles. The average Bonchev–Trinajstić information content (AvgIpc) is 2.93. The molecular formula is C34H43N3O3S2. The van der Waals surface area contributed by atoms with Crippen LogP contribution in [0.1, 0.15) is 26.3 Å². The van der Waals surface area contributed by atoms with Gasteiger partial charge in [0.15, 0.2) is 14.7 Å². The minimum Gasteiger partial charge on any atom is -0.744 e. The van der Waals surface area contributed by atoms with Crippen LogP contribution in [0.2, 0.25) is 0 Å². The highest BCUT2D eigenvalue weighted by molar-refractivity contribution is 7.97. The summed E-state index contributed by atoms with van der Waals surface area (Å²) in [5.41, 5.74) is 4.63. The maximum atomic E-state index is 10.6. The molecule has 0 aromatic heterocycles. The second-order valence-corrected chi connectivity index (χ2v) is 15.1. The summed E-state index contributed by atoms with van der Waals surface area (Å²) >= 11 is 0. The fourth-order valence-electron chi connectivity index (χ4n) is 4.17. The molecular weight excluding hydrogens is 563 g/mol. The van der Waals surface area contributed by atoms with Gasteiger partial charge in [-0.2, -0.15) is 0 Å². The van der Waals surface area contributed by atoms with Crippen LogP contribution >= 0.6 is 0 Å². The Morgan fingerprint density at radius 1 is 0.524 bits per heavy atom. The molecule has 0 spiro atoms. The Balaban J connectivity index is 0.000000291. The lowest BCUT2D eigenvalue weighted by atomic mass is 9.87. The van der Waals surface area contributed by atoms with Gasteiger partial charge in [0.2, 0.25) is 0 Å². The zero-order valence-corrected chi connectivity index (χ0v) is 27.8. The first-order valence-corrected chi connectivity index (χ1v) is 16.3. The minimum absolute atomic E-state index is 0.0365. The highest BCUT2D eigenvalue weighted by Gasteiger charge is 2.29. The molecule has 0 heterocycles. The number of rotatable bonds is 7. The molecule has 4 rings (SSSR count). The van der Waals surface area contributed by atoms with Crippen molar-refractivity contribution < 1.29 is 13.0 Å². The number of nitrogens with zero attached hydrogens (tertiary/aromatic N) is 3. The van der Waals surface area contributed by atoms with Gasteiger partial charge in [0.1, 0.15) is 10.1 Å². The van der Waals surface area contributed by atoms with E-state index < -0.39 is 10.1 Å². The van der Waals surface area contributed by atoms with Crippen molar-refractivity contribution in [3.63, 3.8) is 0 Å². The van der Waals surface area contributed by atoms with Crippen molar-refractivity contribution in [2.45, 2.75) is 45.8 Å². The fraction of sp³-hybridized carbons (Fsp3) is 0.294. The number of hydrogen-bond acceptors (Lipinski definition) is 6. The third-order valence-corrected chi connectivity index (χ3v) is 9.86. The zero-order chi connectivity index (χ0) is 31.2. The lowest BCUT2D eigenvalue weighted by Crippen LogP contribution is -2.11. The van der Waals surface area contributed by atoms with Crippen LogP contribution in [-0.2, 0) is 26.4 Å². The summed E-state index contributed by atoms with van der Waals surface area (Å²) in [5, 5.41) is 0. The molecule has 0 fully saturated rings. The topological polar surface area (TPSA) is 66.9 Å². The molecule has 6 nitrogen and oxygen atoms in total. The molecule has 0 saturated heterocycles. The van der Waals surface area contributed by atoms with E-state index in [2.05, 4.69) is 130 Å². The van der Waals surface area contributed by atoms with E-state index in [1.807, 2.05) is 20.8 Å². The summed E-state index contributed by atoms with van der Waals surface area (Å²) in [6.45, 7) is 6.06. The smallest absolute Gasteiger partial charge is 0.166 e. The normalized spacial score (nSPS) is 11.5. The highest BCUT2D eigenvalue weighted by Crippen LogP contribution is 2.34. The van der Waals surface area contributed by atoms with Crippen molar-refractivity contribution in [2.75, 3.05) is 57.0 Å². The van der Waals surface area contributed by atoms with Gasteiger partial charge in [-0.1, -0.05) is 32.9 Å². The number of benzene rings is 4. The number of hydrogen-bond donors (Lipinski definition) is 0. The summed E-state index contributed by atoms with van der Waals surface area (Å²) in [6.07, 6.45) is 0. The Bertz CT molecular complexity index is 1400. The van der Waals surface area contributed by atoms with E-state index in [9.17, 15) is 13.0 Å². The summed E-state index contributed by atoms with van der Waals surface area (Å²) in [7, 11) is 8.02. The van der Waals surface area contributed by atoms with Gasteiger partial charge in [-0.25, -0.2) is 8.42 Å². The maximum Gasteiger partial charge on any atom is 0.166 e. The first-order chi connectivity index (χ1) is 19.6. The summed E-state index contributed by atoms with van der Waals surface area (Å²) in [4.78, 5) is 10.2. The van der Waals surface area contributed by atoms with Gasteiger partial charge < -0.3 is 19.3 Å². The maximum absolute atomic E-state index is 10.6. The molecule has 0 atom stereocenters. The molecule has 0 unspecified atom stereocenters. The molecule has 0 saturated carbocycles. The van der Waals surface area contributed by atoms with Gasteiger partial charge in [0.25, 0.3) is 0 Å². The summed E-state index contributed by atoms with van der Waals surface area (Å²) in [5.74, 6) is 0. The predicted octanol–water partition coefficient (Wildman–Crippen LogP) is 6.87. The van der Waals surface area contributed by atoms with Crippen LogP contribution in [0.5, 0.6) is 0 Å². The fourth-order valence-corrected chi connectivity index (χ4v) is 6.68. The van der Waals surface area contributed by atoms with Crippen LogP contribution in [0.25, 0.3) is 0 Å². The number of anilines is 3.